The Morgan fingerprint density at radius 2 is 1.81 bits per heavy atom. The minimum absolute atomic E-state index is 0.300. The molecule has 138 valence electrons. The Bertz CT molecular complexity index is 1000. The second-order valence-corrected chi connectivity index (χ2v) is 6.89. The van der Waals surface area contributed by atoms with Gasteiger partial charge in [-0.05, 0) is 54.8 Å². The van der Waals surface area contributed by atoms with E-state index in [4.69, 9.17) is 0 Å². The predicted molar refractivity (Wildman–Crippen MR) is 109 cm³/mol. The van der Waals surface area contributed by atoms with Crippen LogP contribution in [0, 0.1) is 0 Å². The SMILES string of the molecule is CCCCc1ccc(NC2=C(Nc3ccc4[nH]ccc4c3)C(=O)C2O)cc1. The third kappa shape index (κ3) is 3.46. The number of carbonyl (C=O) groups is 1. The van der Waals surface area contributed by atoms with Gasteiger partial charge >= 0.3 is 0 Å². The number of anilines is 2. The smallest absolute Gasteiger partial charge is 0.215 e. The van der Waals surface area contributed by atoms with Crippen molar-refractivity contribution >= 4 is 28.1 Å². The molecule has 0 fully saturated rings. The van der Waals surface area contributed by atoms with Crippen molar-refractivity contribution in [3.63, 3.8) is 0 Å². The highest BCUT2D eigenvalue weighted by Gasteiger charge is 2.38. The Morgan fingerprint density at radius 3 is 2.59 bits per heavy atom. The third-order valence-corrected chi connectivity index (χ3v) is 4.91. The van der Waals surface area contributed by atoms with E-state index in [9.17, 15) is 9.90 Å². The van der Waals surface area contributed by atoms with Gasteiger partial charge in [0.2, 0.25) is 5.78 Å². The van der Waals surface area contributed by atoms with Crippen LogP contribution in [0.1, 0.15) is 25.3 Å². The molecule has 1 aliphatic carbocycles. The number of rotatable bonds is 7. The van der Waals surface area contributed by atoms with Gasteiger partial charge in [-0.2, -0.15) is 0 Å². The second kappa shape index (κ2) is 7.29. The summed E-state index contributed by atoms with van der Waals surface area (Å²) in [5.41, 5.74) is 4.92. The van der Waals surface area contributed by atoms with Crippen molar-refractivity contribution in [1.29, 1.82) is 0 Å². The van der Waals surface area contributed by atoms with Gasteiger partial charge in [-0.1, -0.05) is 25.5 Å². The number of ketones is 1. The molecule has 1 atom stereocenters. The molecule has 1 unspecified atom stereocenters. The normalized spacial score (nSPS) is 16.5. The summed E-state index contributed by atoms with van der Waals surface area (Å²) in [4.78, 5) is 15.3. The van der Waals surface area contributed by atoms with Gasteiger partial charge in [0.25, 0.3) is 0 Å². The van der Waals surface area contributed by atoms with Crippen LogP contribution in [0.25, 0.3) is 10.9 Å². The van der Waals surface area contributed by atoms with Crippen LogP contribution in [0.2, 0.25) is 0 Å². The van der Waals surface area contributed by atoms with Crippen LogP contribution in [0.5, 0.6) is 0 Å². The van der Waals surface area contributed by atoms with E-state index >= 15 is 0 Å². The molecule has 0 radical (unpaired) electrons. The van der Waals surface area contributed by atoms with E-state index in [1.807, 2.05) is 42.6 Å². The van der Waals surface area contributed by atoms with Gasteiger partial charge in [-0.25, -0.2) is 0 Å². The van der Waals surface area contributed by atoms with Gasteiger partial charge in [-0.15, -0.1) is 0 Å². The minimum atomic E-state index is -1.11. The zero-order chi connectivity index (χ0) is 18.8. The molecule has 0 saturated carbocycles. The zero-order valence-corrected chi connectivity index (χ0v) is 15.3. The van der Waals surface area contributed by atoms with E-state index in [1.54, 1.807) is 0 Å². The van der Waals surface area contributed by atoms with Gasteiger partial charge in [0, 0.05) is 28.5 Å². The molecule has 1 aliphatic rings. The Kier molecular flexibility index (Phi) is 4.69. The molecule has 3 aromatic rings. The average Bonchev–Trinajstić information content (AvgIpc) is 3.17. The highest BCUT2D eigenvalue weighted by molar-refractivity contribution is 6.11. The fraction of sp³-hybridized carbons (Fsp3) is 0.227. The number of Topliss-reactive ketones (excluding diaryl/α,β-unsaturated/α-hetero) is 1. The largest absolute Gasteiger partial charge is 0.378 e. The lowest BCUT2D eigenvalue weighted by Crippen LogP contribution is -2.42. The number of hydrogen-bond donors (Lipinski definition) is 4. The summed E-state index contributed by atoms with van der Waals surface area (Å²) >= 11 is 0. The van der Waals surface area contributed by atoms with Crippen molar-refractivity contribution in [2.45, 2.75) is 32.3 Å². The lowest BCUT2D eigenvalue weighted by molar-refractivity contribution is -0.124. The van der Waals surface area contributed by atoms with Crippen molar-refractivity contribution in [2.75, 3.05) is 10.6 Å². The first-order valence-corrected chi connectivity index (χ1v) is 9.32. The van der Waals surface area contributed by atoms with Gasteiger partial charge < -0.3 is 20.7 Å². The molecule has 27 heavy (non-hydrogen) atoms. The molecular weight excluding hydrogens is 338 g/mol. The van der Waals surface area contributed by atoms with E-state index in [1.165, 1.54) is 18.4 Å². The summed E-state index contributed by atoms with van der Waals surface area (Å²) in [5, 5.41) is 17.5. The predicted octanol–water partition coefficient (Wildman–Crippen LogP) is 4.19. The van der Waals surface area contributed by atoms with Crippen LogP contribution in [-0.2, 0) is 11.2 Å². The molecule has 0 amide bonds. The Hall–Kier alpha value is -3.05. The van der Waals surface area contributed by atoms with Crippen LogP contribution in [0.3, 0.4) is 0 Å². The first-order valence-electron chi connectivity index (χ1n) is 9.32. The molecule has 1 aromatic heterocycles. The number of aromatic amines is 1. The first-order chi connectivity index (χ1) is 13.2. The molecule has 4 N–H and O–H groups in total. The number of fused-ring (bicyclic) bond motifs is 1. The monoisotopic (exact) mass is 361 g/mol. The minimum Gasteiger partial charge on any atom is -0.378 e. The Labute approximate surface area is 158 Å². The van der Waals surface area contributed by atoms with Gasteiger partial charge in [0.15, 0.2) is 6.10 Å². The average molecular weight is 361 g/mol. The van der Waals surface area contributed by atoms with Crippen LogP contribution in [0.15, 0.2) is 66.1 Å². The fourth-order valence-electron chi connectivity index (χ4n) is 3.29. The summed E-state index contributed by atoms with van der Waals surface area (Å²) in [6.45, 7) is 2.18. The number of aliphatic hydroxyl groups excluding tert-OH is 1. The highest BCUT2D eigenvalue weighted by atomic mass is 16.3. The van der Waals surface area contributed by atoms with E-state index in [-0.39, 0.29) is 5.78 Å². The lowest BCUT2D eigenvalue weighted by atomic mass is 9.94. The van der Waals surface area contributed by atoms with Crippen LogP contribution in [0.4, 0.5) is 11.4 Å². The summed E-state index contributed by atoms with van der Waals surface area (Å²) in [7, 11) is 0. The van der Waals surface area contributed by atoms with Crippen molar-refractivity contribution < 1.29 is 9.90 Å². The van der Waals surface area contributed by atoms with Crippen LogP contribution in [-0.4, -0.2) is 22.0 Å². The Balaban J connectivity index is 1.52. The van der Waals surface area contributed by atoms with Crippen molar-refractivity contribution in [2.24, 2.45) is 0 Å². The van der Waals surface area contributed by atoms with Crippen molar-refractivity contribution in [1.82, 2.24) is 4.98 Å². The molecule has 0 saturated heterocycles. The van der Waals surface area contributed by atoms with E-state index in [0.717, 1.165) is 28.7 Å². The quantitative estimate of drug-likeness (QED) is 0.509. The van der Waals surface area contributed by atoms with Gasteiger partial charge in [-0.3, -0.25) is 4.79 Å². The topological polar surface area (TPSA) is 77.1 Å². The number of aromatic nitrogens is 1. The molecule has 0 bridgehead atoms. The maximum absolute atomic E-state index is 12.1. The second-order valence-electron chi connectivity index (χ2n) is 6.89. The first kappa shape index (κ1) is 17.4. The van der Waals surface area contributed by atoms with Crippen molar-refractivity contribution in [3.8, 4) is 0 Å². The molecular formula is C22H23N3O2. The highest BCUT2D eigenvalue weighted by Crippen LogP contribution is 2.29. The van der Waals surface area contributed by atoms with Gasteiger partial charge in [0.1, 0.15) is 5.70 Å². The standard InChI is InChI=1S/C22H23N3O2/c1-2-3-4-14-5-7-16(8-6-14)24-19-20(22(27)21(19)26)25-17-9-10-18-15(13-17)11-12-23-18/h5-13,21,23-26H,2-4H2,1H3. The molecule has 0 spiro atoms. The third-order valence-electron chi connectivity index (χ3n) is 4.91. The number of hydrogen-bond acceptors (Lipinski definition) is 4. The lowest BCUT2D eigenvalue weighted by Gasteiger charge is -2.29. The number of unbranched alkanes of at least 4 members (excludes halogenated alkanes) is 1. The fourth-order valence-corrected chi connectivity index (χ4v) is 3.29. The van der Waals surface area contributed by atoms with Crippen molar-refractivity contribution in [3.05, 3.63) is 71.7 Å². The number of aliphatic hydroxyl groups is 1. The number of benzene rings is 2. The van der Waals surface area contributed by atoms with E-state index < -0.39 is 6.10 Å². The summed E-state index contributed by atoms with van der Waals surface area (Å²) in [6, 6.07) is 15.9. The van der Waals surface area contributed by atoms with Crippen LogP contribution >= 0.6 is 0 Å². The molecule has 2 aromatic carbocycles. The number of aryl methyl sites for hydroxylation is 1. The van der Waals surface area contributed by atoms with Crippen LogP contribution < -0.4 is 10.6 Å². The maximum Gasteiger partial charge on any atom is 0.215 e. The van der Waals surface area contributed by atoms with Gasteiger partial charge in [0.05, 0.1) is 5.70 Å². The summed E-state index contributed by atoms with van der Waals surface area (Å²) in [5.74, 6) is -0.300. The number of carbonyl (C=O) groups excluding carboxylic acids is 1. The maximum atomic E-state index is 12.1. The summed E-state index contributed by atoms with van der Waals surface area (Å²) in [6.07, 6.45) is 4.18. The molecule has 5 nitrogen and oxygen atoms in total. The molecule has 5 heteroatoms. The van der Waals surface area contributed by atoms with E-state index in [2.05, 4.69) is 34.7 Å². The van der Waals surface area contributed by atoms with E-state index in [0.29, 0.717) is 11.4 Å². The molecule has 0 aliphatic heterocycles. The zero-order valence-electron chi connectivity index (χ0n) is 15.3. The molecule has 4 rings (SSSR count). The number of nitrogens with one attached hydrogen (secondary N) is 3. The molecule has 1 heterocycles. The Morgan fingerprint density at radius 1 is 1.04 bits per heavy atom. The summed E-state index contributed by atoms with van der Waals surface area (Å²) < 4.78 is 0. The number of H-pyrrole nitrogens is 1.